The lowest BCUT2D eigenvalue weighted by Gasteiger charge is -2.04. The zero-order valence-corrected chi connectivity index (χ0v) is 7.18. The van der Waals surface area contributed by atoms with E-state index in [4.69, 9.17) is 10.0 Å². The number of hydrogen-bond acceptors (Lipinski definition) is 3. The first-order valence-corrected chi connectivity index (χ1v) is 4.09. The maximum Gasteiger partial charge on any atom is 0.490 e. The molecule has 0 spiro atoms. The Bertz CT molecular complexity index is 475. The number of fused-ring (bicyclic) bond motifs is 1. The van der Waals surface area contributed by atoms with Crippen molar-refractivity contribution in [1.29, 1.82) is 0 Å². The van der Waals surface area contributed by atoms with E-state index in [0.717, 1.165) is 6.20 Å². The maximum atomic E-state index is 13.2. The second kappa shape index (κ2) is 3.36. The van der Waals surface area contributed by atoms with E-state index in [1.807, 2.05) is 0 Å². The molecule has 5 heteroatoms. The van der Waals surface area contributed by atoms with E-state index in [1.165, 1.54) is 0 Å². The molecule has 0 aliphatic rings. The summed E-state index contributed by atoms with van der Waals surface area (Å²) in [4.78, 5) is 3.44. The van der Waals surface area contributed by atoms with Crippen LogP contribution in [-0.4, -0.2) is 22.2 Å². The van der Waals surface area contributed by atoms with Crippen LogP contribution in [0, 0.1) is 5.95 Å². The molecule has 2 rings (SSSR count). The van der Waals surface area contributed by atoms with Crippen molar-refractivity contribution >= 4 is 23.4 Å². The van der Waals surface area contributed by atoms with Crippen LogP contribution in [0.1, 0.15) is 0 Å². The zero-order chi connectivity index (χ0) is 10.1. The molecule has 0 saturated heterocycles. The van der Waals surface area contributed by atoms with Gasteiger partial charge in [-0.15, -0.1) is 0 Å². The molecule has 0 saturated carbocycles. The van der Waals surface area contributed by atoms with E-state index >= 15 is 0 Å². The van der Waals surface area contributed by atoms with Crippen molar-refractivity contribution < 1.29 is 14.4 Å². The summed E-state index contributed by atoms with van der Waals surface area (Å²) in [7, 11) is -1.63. The van der Waals surface area contributed by atoms with E-state index in [2.05, 4.69) is 4.98 Å². The highest BCUT2D eigenvalue weighted by atomic mass is 19.1. The van der Waals surface area contributed by atoms with Crippen LogP contribution < -0.4 is 5.46 Å². The fourth-order valence-corrected chi connectivity index (χ4v) is 1.39. The molecule has 0 radical (unpaired) electrons. The van der Waals surface area contributed by atoms with Crippen molar-refractivity contribution in [2.24, 2.45) is 0 Å². The van der Waals surface area contributed by atoms with E-state index in [9.17, 15) is 4.39 Å². The average molecular weight is 191 g/mol. The first kappa shape index (κ1) is 9.11. The van der Waals surface area contributed by atoms with Gasteiger partial charge in [0, 0.05) is 17.0 Å². The minimum Gasteiger partial charge on any atom is -0.423 e. The van der Waals surface area contributed by atoms with Gasteiger partial charge in [0.25, 0.3) is 0 Å². The molecule has 0 aliphatic heterocycles. The van der Waals surface area contributed by atoms with Gasteiger partial charge in [-0.3, -0.25) is 0 Å². The Hall–Kier alpha value is -1.46. The molecule has 2 N–H and O–H groups in total. The molecule has 1 aromatic heterocycles. The lowest BCUT2D eigenvalue weighted by molar-refractivity contribution is 0.426. The molecule has 0 aliphatic carbocycles. The highest BCUT2D eigenvalue weighted by Gasteiger charge is 2.16. The van der Waals surface area contributed by atoms with Gasteiger partial charge in [0.2, 0.25) is 5.95 Å². The third-order valence-corrected chi connectivity index (χ3v) is 2.06. The van der Waals surface area contributed by atoms with Crippen molar-refractivity contribution in [1.82, 2.24) is 4.98 Å². The Kier molecular flexibility index (Phi) is 2.19. The van der Waals surface area contributed by atoms with Crippen LogP contribution in [0.3, 0.4) is 0 Å². The molecular formula is C9H7BFNO2. The van der Waals surface area contributed by atoms with Crippen LogP contribution in [-0.2, 0) is 0 Å². The fourth-order valence-electron chi connectivity index (χ4n) is 1.39. The predicted octanol–water partition coefficient (Wildman–Crippen LogP) is 0.0537. The highest BCUT2D eigenvalue weighted by Crippen LogP contribution is 2.13. The van der Waals surface area contributed by atoms with Crippen LogP contribution in [0.15, 0.2) is 30.5 Å². The summed E-state index contributed by atoms with van der Waals surface area (Å²) in [6, 6.07) is 6.53. The summed E-state index contributed by atoms with van der Waals surface area (Å²) in [6.45, 7) is 0. The molecule has 14 heavy (non-hydrogen) atoms. The van der Waals surface area contributed by atoms with Crippen molar-refractivity contribution in [3.05, 3.63) is 36.4 Å². The number of hydrogen-bond donors (Lipinski definition) is 2. The number of pyridine rings is 1. The number of halogens is 1. The molecule has 0 atom stereocenters. The lowest BCUT2D eigenvalue weighted by atomic mass is 9.78. The van der Waals surface area contributed by atoms with Gasteiger partial charge < -0.3 is 10.0 Å². The third-order valence-electron chi connectivity index (χ3n) is 2.06. The van der Waals surface area contributed by atoms with Gasteiger partial charge in [0.1, 0.15) is 0 Å². The molecule has 2 aromatic rings. The highest BCUT2D eigenvalue weighted by molar-refractivity contribution is 6.61. The molecule has 0 amide bonds. The van der Waals surface area contributed by atoms with Gasteiger partial charge in [0.05, 0.1) is 0 Å². The third kappa shape index (κ3) is 1.36. The Morgan fingerprint density at radius 2 is 1.79 bits per heavy atom. The van der Waals surface area contributed by atoms with Crippen LogP contribution in [0.5, 0.6) is 0 Å². The Labute approximate surface area is 80.0 Å². The van der Waals surface area contributed by atoms with Gasteiger partial charge in [-0.25, -0.2) is 4.98 Å². The minimum atomic E-state index is -1.63. The van der Waals surface area contributed by atoms with Crippen LogP contribution in [0.2, 0.25) is 0 Å². The van der Waals surface area contributed by atoms with E-state index < -0.39 is 13.1 Å². The molecule has 1 heterocycles. The molecular weight excluding hydrogens is 184 g/mol. The lowest BCUT2D eigenvalue weighted by Crippen LogP contribution is -2.31. The quantitative estimate of drug-likeness (QED) is 0.494. The Morgan fingerprint density at radius 1 is 1.14 bits per heavy atom. The van der Waals surface area contributed by atoms with E-state index in [1.54, 1.807) is 24.3 Å². The Balaban J connectivity index is 2.82. The van der Waals surface area contributed by atoms with Crippen molar-refractivity contribution in [3.63, 3.8) is 0 Å². The molecule has 3 nitrogen and oxygen atoms in total. The fraction of sp³-hybridized carbons (Fsp3) is 0. The van der Waals surface area contributed by atoms with Crippen LogP contribution in [0.4, 0.5) is 4.39 Å². The topological polar surface area (TPSA) is 53.4 Å². The normalized spacial score (nSPS) is 10.5. The predicted molar refractivity (Wildman–Crippen MR) is 51.5 cm³/mol. The zero-order valence-electron chi connectivity index (χ0n) is 7.18. The smallest absolute Gasteiger partial charge is 0.423 e. The summed E-state index contributed by atoms with van der Waals surface area (Å²) in [6.07, 6.45) is 1.13. The SMILES string of the molecule is OB(O)c1cnc(F)c2ccccc12. The summed E-state index contributed by atoms with van der Waals surface area (Å²) < 4.78 is 13.2. The van der Waals surface area contributed by atoms with Crippen LogP contribution in [0.25, 0.3) is 10.8 Å². The van der Waals surface area contributed by atoms with Gasteiger partial charge in [0.15, 0.2) is 0 Å². The minimum absolute atomic E-state index is 0.210. The van der Waals surface area contributed by atoms with Crippen molar-refractivity contribution in [2.75, 3.05) is 0 Å². The molecule has 70 valence electrons. The first-order valence-electron chi connectivity index (χ1n) is 4.09. The van der Waals surface area contributed by atoms with Crippen molar-refractivity contribution in [3.8, 4) is 0 Å². The monoisotopic (exact) mass is 191 g/mol. The first-order chi connectivity index (χ1) is 6.70. The number of benzene rings is 1. The van der Waals surface area contributed by atoms with Gasteiger partial charge >= 0.3 is 7.12 Å². The standard InChI is InChI=1S/C9H7BFNO2/c11-9-7-4-2-1-3-6(7)8(5-12-9)10(13)14/h1-5,13-14H. The summed E-state index contributed by atoms with van der Waals surface area (Å²) in [5, 5.41) is 18.8. The maximum absolute atomic E-state index is 13.2. The van der Waals surface area contributed by atoms with Crippen molar-refractivity contribution in [2.45, 2.75) is 0 Å². The largest absolute Gasteiger partial charge is 0.490 e. The van der Waals surface area contributed by atoms with Gasteiger partial charge in [-0.05, 0) is 11.5 Å². The number of aromatic nitrogens is 1. The second-order valence-electron chi connectivity index (χ2n) is 2.92. The van der Waals surface area contributed by atoms with Gasteiger partial charge in [-0.1, -0.05) is 18.2 Å². The van der Waals surface area contributed by atoms with E-state index in [-0.39, 0.29) is 10.8 Å². The molecule has 0 bridgehead atoms. The van der Waals surface area contributed by atoms with E-state index in [0.29, 0.717) is 5.39 Å². The molecule has 0 unspecified atom stereocenters. The Morgan fingerprint density at radius 3 is 2.43 bits per heavy atom. The number of rotatable bonds is 1. The summed E-state index contributed by atoms with van der Waals surface area (Å²) in [5.74, 6) is -0.606. The second-order valence-corrected chi connectivity index (χ2v) is 2.92. The average Bonchev–Trinajstić information content (AvgIpc) is 2.18. The summed E-state index contributed by atoms with van der Waals surface area (Å²) >= 11 is 0. The summed E-state index contributed by atoms with van der Waals surface area (Å²) in [5.41, 5.74) is 0.210. The number of nitrogens with zero attached hydrogens (tertiary/aromatic N) is 1. The van der Waals surface area contributed by atoms with Crippen LogP contribution >= 0.6 is 0 Å². The molecule has 1 aromatic carbocycles. The molecule has 0 fully saturated rings. The van der Waals surface area contributed by atoms with Gasteiger partial charge in [-0.2, -0.15) is 4.39 Å².